The smallest absolute Gasteiger partial charge is 0.0475 e. The summed E-state index contributed by atoms with van der Waals surface area (Å²) in [6, 6.07) is 0.372. The second-order valence-corrected chi connectivity index (χ2v) is 6.43. The first-order valence-electron chi connectivity index (χ1n) is 5.52. The molecule has 0 aliphatic rings. The van der Waals surface area contributed by atoms with Crippen molar-refractivity contribution in [3.63, 3.8) is 0 Å². The van der Waals surface area contributed by atoms with E-state index in [-0.39, 0.29) is 10.5 Å². The Labute approximate surface area is 91.3 Å². The molecule has 0 amide bonds. The van der Waals surface area contributed by atoms with Crippen molar-refractivity contribution in [2.24, 2.45) is 5.92 Å². The van der Waals surface area contributed by atoms with Crippen molar-refractivity contribution >= 4 is 10.8 Å². The lowest BCUT2D eigenvalue weighted by Crippen LogP contribution is -2.41. The van der Waals surface area contributed by atoms with Gasteiger partial charge in [0.15, 0.2) is 0 Å². The minimum atomic E-state index is -0.732. The van der Waals surface area contributed by atoms with Crippen molar-refractivity contribution in [2.75, 3.05) is 7.05 Å². The first kappa shape index (κ1) is 14.1. The standard InChI is InChI=1S/C11H25NOS/c1-7-11(12-6)10(5)14(13)9(4)8(2)3/h8-12H,7H2,1-6H3. The Hall–Kier alpha value is 0.110. The lowest BCUT2D eigenvalue weighted by Gasteiger charge is -2.26. The van der Waals surface area contributed by atoms with Crippen LogP contribution in [-0.2, 0) is 10.8 Å². The van der Waals surface area contributed by atoms with Crippen LogP contribution in [-0.4, -0.2) is 27.8 Å². The van der Waals surface area contributed by atoms with Crippen LogP contribution in [0.1, 0.15) is 41.0 Å². The zero-order valence-electron chi connectivity index (χ0n) is 10.3. The number of hydrogen-bond donors (Lipinski definition) is 1. The van der Waals surface area contributed by atoms with E-state index >= 15 is 0 Å². The van der Waals surface area contributed by atoms with Crippen LogP contribution in [0.3, 0.4) is 0 Å². The lowest BCUT2D eigenvalue weighted by atomic mass is 10.1. The van der Waals surface area contributed by atoms with Gasteiger partial charge < -0.3 is 5.32 Å². The summed E-state index contributed by atoms with van der Waals surface area (Å²) < 4.78 is 12.1. The van der Waals surface area contributed by atoms with Crippen molar-refractivity contribution < 1.29 is 4.21 Å². The highest BCUT2D eigenvalue weighted by molar-refractivity contribution is 7.86. The summed E-state index contributed by atoms with van der Waals surface area (Å²) in [6.07, 6.45) is 1.04. The fourth-order valence-electron chi connectivity index (χ4n) is 1.54. The molecule has 0 aliphatic carbocycles. The minimum Gasteiger partial charge on any atom is -0.316 e. The molecule has 0 fully saturated rings. The van der Waals surface area contributed by atoms with Gasteiger partial charge in [-0.15, -0.1) is 0 Å². The molecule has 4 atom stereocenters. The molecule has 4 unspecified atom stereocenters. The van der Waals surface area contributed by atoms with Gasteiger partial charge in [0, 0.05) is 27.3 Å². The summed E-state index contributed by atoms with van der Waals surface area (Å²) >= 11 is 0. The van der Waals surface area contributed by atoms with Crippen LogP contribution >= 0.6 is 0 Å². The molecule has 14 heavy (non-hydrogen) atoms. The van der Waals surface area contributed by atoms with Crippen molar-refractivity contribution in [3.8, 4) is 0 Å². The Bertz CT molecular complexity index is 178. The molecule has 0 aliphatic heterocycles. The second kappa shape index (κ2) is 6.57. The first-order chi connectivity index (χ1) is 6.45. The summed E-state index contributed by atoms with van der Waals surface area (Å²) in [4.78, 5) is 0. The summed E-state index contributed by atoms with van der Waals surface area (Å²) in [5, 5.41) is 3.76. The quantitative estimate of drug-likeness (QED) is 0.742. The largest absolute Gasteiger partial charge is 0.316 e. The molecule has 0 aromatic carbocycles. The molecule has 3 heteroatoms. The van der Waals surface area contributed by atoms with E-state index in [0.29, 0.717) is 12.0 Å². The highest BCUT2D eigenvalue weighted by atomic mass is 32.2. The number of hydrogen-bond acceptors (Lipinski definition) is 2. The van der Waals surface area contributed by atoms with Crippen LogP contribution < -0.4 is 5.32 Å². The van der Waals surface area contributed by atoms with Gasteiger partial charge in [-0.1, -0.05) is 27.7 Å². The molecule has 0 bridgehead atoms. The van der Waals surface area contributed by atoms with E-state index in [2.05, 4.69) is 39.9 Å². The van der Waals surface area contributed by atoms with Gasteiger partial charge in [-0.25, -0.2) is 0 Å². The van der Waals surface area contributed by atoms with E-state index < -0.39 is 10.8 Å². The van der Waals surface area contributed by atoms with Crippen LogP contribution in [0.15, 0.2) is 0 Å². The maximum atomic E-state index is 12.1. The molecular formula is C11H25NOS. The fraction of sp³-hybridized carbons (Fsp3) is 1.00. The van der Waals surface area contributed by atoms with Gasteiger partial charge in [0.25, 0.3) is 0 Å². The zero-order chi connectivity index (χ0) is 11.3. The van der Waals surface area contributed by atoms with Crippen LogP contribution in [0.25, 0.3) is 0 Å². The maximum Gasteiger partial charge on any atom is 0.0475 e. The van der Waals surface area contributed by atoms with Crippen molar-refractivity contribution in [1.82, 2.24) is 5.32 Å². The molecule has 0 aromatic rings. The molecule has 2 nitrogen and oxygen atoms in total. The molecule has 86 valence electrons. The van der Waals surface area contributed by atoms with E-state index in [4.69, 9.17) is 0 Å². The monoisotopic (exact) mass is 219 g/mol. The summed E-state index contributed by atoms with van der Waals surface area (Å²) in [7, 11) is 1.21. The lowest BCUT2D eigenvalue weighted by molar-refractivity contribution is 0.518. The van der Waals surface area contributed by atoms with Gasteiger partial charge in [-0.3, -0.25) is 4.21 Å². The van der Waals surface area contributed by atoms with Gasteiger partial charge in [0.05, 0.1) is 0 Å². The average molecular weight is 219 g/mol. The third kappa shape index (κ3) is 3.70. The van der Waals surface area contributed by atoms with E-state index in [1.165, 1.54) is 0 Å². The zero-order valence-corrected chi connectivity index (χ0v) is 11.1. The third-order valence-corrected chi connectivity index (χ3v) is 5.39. The van der Waals surface area contributed by atoms with Gasteiger partial charge in [0.1, 0.15) is 0 Å². The van der Waals surface area contributed by atoms with E-state index in [1.807, 2.05) is 7.05 Å². The highest BCUT2D eigenvalue weighted by Crippen LogP contribution is 2.16. The predicted molar refractivity (Wildman–Crippen MR) is 65.0 cm³/mol. The third-order valence-electron chi connectivity index (χ3n) is 3.05. The normalized spacial score (nSPS) is 20.5. The molecule has 0 rings (SSSR count). The van der Waals surface area contributed by atoms with Crippen LogP contribution in [0.5, 0.6) is 0 Å². The Morgan fingerprint density at radius 3 is 1.93 bits per heavy atom. The molecule has 0 aromatic heterocycles. The molecule has 0 heterocycles. The van der Waals surface area contributed by atoms with Gasteiger partial charge in [0.2, 0.25) is 0 Å². The second-order valence-electron chi connectivity index (χ2n) is 4.29. The SMILES string of the molecule is CCC(NC)C(C)S(=O)C(C)C(C)C. The molecule has 0 saturated carbocycles. The maximum absolute atomic E-state index is 12.1. The predicted octanol–water partition coefficient (Wildman–Crippen LogP) is 2.17. The molecule has 0 radical (unpaired) electrons. The topological polar surface area (TPSA) is 29.1 Å². The number of rotatable bonds is 6. The van der Waals surface area contributed by atoms with E-state index in [0.717, 1.165) is 6.42 Å². The highest BCUT2D eigenvalue weighted by Gasteiger charge is 2.25. The van der Waals surface area contributed by atoms with Crippen molar-refractivity contribution in [1.29, 1.82) is 0 Å². The summed E-state index contributed by atoms with van der Waals surface area (Å²) in [5.74, 6) is 0.493. The molecular weight excluding hydrogens is 194 g/mol. The molecule has 0 spiro atoms. The molecule has 1 N–H and O–H groups in total. The Balaban J connectivity index is 4.36. The van der Waals surface area contributed by atoms with Crippen LogP contribution in [0, 0.1) is 5.92 Å². The Kier molecular flexibility index (Phi) is 6.62. The van der Waals surface area contributed by atoms with Crippen molar-refractivity contribution in [2.45, 2.75) is 57.6 Å². The first-order valence-corrected chi connectivity index (χ1v) is 6.79. The summed E-state index contributed by atoms with van der Waals surface area (Å²) in [6.45, 7) is 10.6. The Morgan fingerprint density at radius 2 is 1.64 bits per heavy atom. The molecule has 0 saturated heterocycles. The fourth-order valence-corrected chi connectivity index (χ4v) is 3.41. The van der Waals surface area contributed by atoms with Gasteiger partial charge >= 0.3 is 0 Å². The van der Waals surface area contributed by atoms with E-state index in [1.54, 1.807) is 0 Å². The van der Waals surface area contributed by atoms with Gasteiger partial charge in [-0.05, 0) is 26.3 Å². The van der Waals surface area contributed by atoms with E-state index in [9.17, 15) is 4.21 Å². The number of nitrogens with one attached hydrogen (secondary N) is 1. The van der Waals surface area contributed by atoms with Crippen LogP contribution in [0.2, 0.25) is 0 Å². The summed E-state index contributed by atoms with van der Waals surface area (Å²) in [5.41, 5.74) is 0. The Morgan fingerprint density at radius 1 is 1.14 bits per heavy atom. The van der Waals surface area contributed by atoms with Crippen LogP contribution in [0.4, 0.5) is 0 Å². The van der Waals surface area contributed by atoms with Gasteiger partial charge in [-0.2, -0.15) is 0 Å². The average Bonchev–Trinajstić information content (AvgIpc) is 2.17. The van der Waals surface area contributed by atoms with Crippen molar-refractivity contribution in [3.05, 3.63) is 0 Å². The minimum absolute atomic E-state index is 0.238.